The van der Waals surface area contributed by atoms with Crippen molar-refractivity contribution in [2.24, 2.45) is 47.3 Å². The van der Waals surface area contributed by atoms with E-state index in [4.69, 9.17) is 9.47 Å². The van der Waals surface area contributed by atoms with Crippen molar-refractivity contribution in [1.82, 2.24) is 21.3 Å². The third kappa shape index (κ3) is 24.3. The third-order valence-electron chi connectivity index (χ3n) is 18.5. The zero-order chi connectivity index (χ0) is 58.5. The number of carbonyl (C=O) groups is 6. The van der Waals surface area contributed by atoms with Crippen LogP contribution in [0.3, 0.4) is 0 Å². The van der Waals surface area contributed by atoms with Gasteiger partial charge in [-0.25, -0.2) is 0 Å². The first kappa shape index (κ1) is 67.3. The summed E-state index contributed by atoms with van der Waals surface area (Å²) >= 11 is 0. The highest BCUT2D eigenvalue weighted by Crippen LogP contribution is 2.36. The van der Waals surface area contributed by atoms with Crippen molar-refractivity contribution in [2.45, 2.75) is 238 Å². The molecule has 454 valence electrons. The molecule has 4 amide bonds. The lowest BCUT2D eigenvalue weighted by Crippen LogP contribution is -2.49. The van der Waals surface area contributed by atoms with Gasteiger partial charge in [0, 0.05) is 65.0 Å². The molecule has 2 saturated heterocycles. The molecule has 0 aromatic heterocycles. The molecule has 0 bridgehead atoms. The smallest absolute Gasteiger partial charge is 0.223 e. The molecule has 2 aliphatic carbocycles. The van der Waals surface area contributed by atoms with E-state index < -0.39 is 36.4 Å². The molecule has 14 heteroatoms. The van der Waals surface area contributed by atoms with Crippen LogP contribution in [0.15, 0.2) is 60.7 Å². The van der Waals surface area contributed by atoms with Crippen LogP contribution in [0.2, 0.25) is 0 Å². The molecule has 2 heterocycles. The fourth-order valence-electron chi connectivity index (χ4n) is 13.1. The van der Waals surface area contributed by atoms with E-state index in [1.54, 1.807) is 0 Å². The molecule has 6 N–H and O–H groups in total. The van der Waals surface area contributed by atoms with Crippen LogP contribution in [-0.2, 0) is 51.1 Å². The Morgan fingerprint density at radius 3 is 1.40 bits per heavy atom. The molecule has 10 atom stereocenters. The molecule has 0 spiro atoms. The zero-order valence-corrected chi connectivity index (χ0v) is 50.5. The number of nitrogens with one attached hydrogen (secondary N) is 4. The molecule has 2 aliphatic heterocycles. The summed E-state index contributed by atoms with van der Waals surface area (Å²) < 4.78 is 10.9. The van der Waals surface area contributed by atoms with Crippen LogP contribution in [0, 0.1) is 47.3 Å². The molecule has 4 fully saturated rings. The molecule has 4 aliphatic rings. The van der Waals surface area contributed by atoms with Gasteiger partial charge in [0.1, 0.15) is 0 Å². The molecular weight excluding hydrogens is 1020 g/mol. The van der Waals surface area contributed by atoms with Gasteiger partial charge >= 0.3 is 0 Å². The summed E-state index contributed by atoms with van der Waals surface area (Å²) in [5.41, 5.74) is 2.11. The van der Waals surface area contributed by atoms with Gasteiger partial charge in [0.2, 0.25) is 23.6 Å². The van der Waals surface area contributed by atoms with Crippen molar-refractivity contribution >= 4 is 35.2 Å². The maximum atomic E-state index is 13.6. The maximum absolute atomic E-state index is 13.6. The lowest BCUT2D eigenvalue weighted by Gasteiger charge is -2.35. The fourth-order valence-corrected chi connectivity index (χ4v) is 13.1. The number of aliphatic hydroxyl groups is 2. The van der Waals surface area contributed by atoms with Gasteiger partial charge in [0.25, 0.3) is 0 Å². The van der Waals surface area contributed by atoms with Crippen LogP contribution in [-0.4, -0.2) is 108 Å². The highest BCUT2D eigenvalue weighted by Gasteiger charge is 2.36. The fraction of sp³-hybridized carbons (Fsp3) is 0.731. The predicted octanol–water partition coefficient (Wildman–Crippen LogP) is 10.4. The Morgan fingerprint density at radius 2 is 0.963 bits per heavy atom. The summed E-state index contributed by atoms with van der Waals surface area (Å²) in [7, 11) is 0. The molecule has 14 nitrogen and oxygen atoms in total. The van der Waals surface area contributed by atoms with Crippen molar-refractivity contribution in [3.63, 3.8) is 0 Å². The van der Waals surface area contributed by atoms with Gasteiger partial charge in [0.15, 0.2) is 11.6 Å². The maximum Gasteiger partial charge on any atom is 0.223 e. The SMILES string of the molecule is CCC(C)[C@H](NC(C)=O)C(=O)C[C@@H](CCCC1CCCCC1)C[C@H](O)[C@H](Cc1ccccc1)NC(=O)C1CCOCC1.CCC(C)[C@H](NC(C)=O)C(=O)C[C@H](C[C@H](O)[C@H](Cc1ccccc1)NC(=O)C1CCOCC1)C1CCCCC1. The van der Waals surface area contributed by atoms with Gasteiger partial charge in [-0.15, -0.1) is 0 Å². The minimum absolute atomic E-state index is 0.00590. The van der Waals surface area contributed by atoms with E-state index in [9.17, 15) is 39.0 Å². The number of ketones is 2. The summed E-state index contributed by atoms with van der Waals surface area (Å²) in [5, 5.41) is 35.5. The molecule has 2 aromatic carbocycles. The minimum Gasteiger partial charge on any atom is -0.391 e. The summed E-state index contributed by atoms with van der Waals surface area (Å²) in [4.78, 5) is 77.4. The standard InChI is InChI=1S/C35H56N2O5.C32H50N2O5/c1-4-25(2)34(36-26(3)38)33(40)24-29(17-11-16-27-12-7-5-8-13-27)23-32(39)31(22-28-14-9-6-10-15-28)37-35(41)30-18-20-42-21-19-30;1-4-22(2)31(33-23(3)35)30(37)21-27(25-13-9-6-10-14-25)20-29(36)28(19-24-11-7-5-8-12-24)34-32(38)26-15-17-39-18-16-26/h6,9-10,14-15,25,27,29-32,34,39H,4-5,7-8,11-13,16-24H2,1-3H3,(H,36,38)(H,37,41);5,7-8,11-12,22,25-29,31,36H,4,6,9-10,13-21H2,1-3H3,(H,33,35)(H,34,38)/t25?,29-,31-,32-,34-;22?,27-,28-,29-,31-/m00/s1. The Balaban J connectivity index is 0.000000298. The Kier molecular flexibility index (Phi) is 30.7. The topological polar surface area (TPSA) is 209 Å². The van der Waals surface area contributed by atoms with E-state index >= 15 is 0 Å². The zero-order valence-electron chi connectivity index (χ0n) is 50.5. The number of benzene rings is 2. The van der Waals surface area contributed by atoms with Crippen LogP contribution in [0.25, 0.3) is 0 Å². The number of amides is 4. The van der Waals surface area contributed by atoms with Crippen molar-refractivity contribution in [1.29, 1.82) is 0 Å². The average molecular weight is 1130 g/mol. The first-order chi connectivity index (χ1) is 39.0. The molecule has 2 saturated carbocycles. The second kappa shape index (κ2) is 36.9. The van der Waals surface area contributed by atoms with Crippen LogP contribution < -0.4 is 21.3 Å². The van der Waals surface area contributed by atoms with Gasteiger partial charge in [-0.3, -0.25) is 28.8 Å². The summed E-state index contributed by atoms with van der Waals surface area (Å²) in [5.74, 6) is 0.642. The quantitative estimate of drug-likeness (QED) is 0.0421. The monoisotopic (exact) mass is 1130 g/mol. The Hall–Kier alpha value is -4.50. The van der Waals surface area contributed by atoms with E-state index in [-0.39, 0.29) is 70.7 Å². The average Bonchev–Trinajstić information content (AvgIpc) is 3.49. The van der Waals surface area contributed by atoms with Gasteiger partial charge in [-0.1, -0.05) is 178 Å². The van der Waals surface area contributed by atoms with E-state index in [0.717, 1.165) is 74.8 Å². The second-order valence-corrected chi connectivity index (χ2v) is 24.9. The van der Waals surface area contributed by atoms with Crippen molar-refractivity contribution in [3.05, 3.63) is 71.8 Å². The first-order valence-electron chi connectivity index (χ1n) is 31.8. The lowest BCUT2D eigenvalue weighted by atomic mass is 9.73. The first-order valence-corrected chi connectivity index (χ1v) is 31.8. The van der Waals surface area contributed by atoms with Crippen LogP contribution in [0.5, 0.6) is 0 Å². The summed E-state index contributed by atoms with van der Waals surface area (Å²) in [6.45, 7) is 13.3. The van der Waals surface area contributed by atoms with E-state index in [1.807, 2.05) is 88.4 Å². The number of aliphatic hydroxyl groups excluding tert-OH is 2. The molecule has 6 rings (SSSR count). The van der Waals surface area contributed by atoms with Crippen molar-refractivity contribution < 1.29 is 48.5 Å². The highest BCUT2D eigenvalue weighted by atomic mass is 16.5. The number of carbonyl (C=O) groups excluding carboxylic acids is 6. The largest absolute Gasteiger partial charge is 0.391 e. The highest BCUT2D eigenvalue weighted by molar-refractivity contribution is 5.89. The lowest BCUT2D eigenvalue weighted by molar-refractivity contribution is -0.130. The van der Waals surface area contributed by atoms with E-state index in [1.165, 1.54) is 52.4 Å². The number of hydrogen-bond donors (Lipinski definition) is 6. The number of ether oxygens (including phenoxy) is 2. The molecule has 0 radical (unpaired) electrons. The van der Waals surface area contributed by atoms with E-state index in [0.29, 0.717) is 96.6 Å². The van der Waals surface area contributed by atoms with E-state index in [2.05, 4.69) is 21.3 Å². The van der Waals surface area contributed by atoms with Crippen LogP contribution >= 0.6 is 0 Å². The van der Waals surface area contributed by atoms with Crippen LogP contribution in [0.1, 0.15) is 200 Å². The third-order valence-corrected chi connectivity index (χ3v) is 18.5. The Labute approximate surface area is 487 Å². The summed E-state index contributed by atoms with van der Waals surface area (Å²) in [6.07, 6.45) is 20.6. The second-order valence-electron chi connectivity index (χ2n) is 24.9. The molecular formula is C67H106N4O10. The number of Topliss-reactive ketones (excluding diaryl/α,β-unsaturated/α-hetero) is 2. The minimum atomic E-state index is -0.788. The van der Waals surface area contributed by atoms with Crippen LogP contribution in [0.4, 0.5) is 0 Å². The molecule has 2 aromatic rings. The number of rotatable bonds is 31. The van der Waals surface area contributed by atoms with Crippen molar-refractivity contribution in [2.75, 3.05) is 26.4 Å². The Bertz CT molecular complexity index is 2140. The molecule has 2 unspecified atom stereocenters. The van der Waals surface area contributed by atoms with Gasteiger partial charge in [-0.05, 0) is 104 Å². The molecule has 81 heavy (non-hydrogen) atoms. The summed E-state index contributed by atoms with van der Waals surface area (Å²) in [6, 6.07) is 18.0. The predicted molar refractivity (Wildman–Crippen MR) is 320 cm³/mol. The normalized spacial score (nSPS) is 20.5. The van der Waals surface area contributed by atoms with Gasteiger partial charge in [0.05, 0.1) is 36.4 Å². The van der Waals surface area contributed by atoms with Gasteiger partial charge < -0.3 is 41.0 Å². The van der Waals surface area contributed by atoms with Gasteiger partial charge in [-0.2, -0.15) is 0 Å². The van der Waals surface area contributed by atoms with Crippen molar-refractivity contribution in [3.8, 4) is 0 Å². The number of hydrogen-bond acceptors (Lipinski definition) is 10. The Morgan fingerprint density at radius 1 is 0.543 bits per heavy atom.